The number of esters is 1. The number of nitrogens with one attached hydrogen (secondary N) is 1. The summed E-state index contributed by atoms with van der Waals surface area (Å²) in [6, 6.07) is 5.32. The van der Waals surface area contributed by atoms with Crippen molar-refractivity contribution in [2.45, 2.75) is 38.6 Å². The third-order valence-corrected chi connectivity index (χ3v) is 6.88. The predicted molar refractivity (Wildman–Crippen MR) is 119 cm³/mol. The molecule has 30 heavy (non-hydrogen) atoms. The molecule has 7 nitrogen and oxygen atoms in total. The number of thiophene rings is 1. The maximum atomic E-state index is 12.7. The van der Waals surface area contributed by atoms with E-state index in [0.29, 0.717) is 21.5 Å². The van der Waals surface area contributed by atoms with Gasteiger partial charge in [0.1, 0.15) is 5.00 Å². The van der Waals surface area contributed by atoms with E-state index in [1.807, 2.05) is 6.07 Å². The molecule has 0 spiro atoms. The highest BCUT2D eigenvalue weighted by Gasteiger charge is 2.26. The molecular weight excluding hydrogens is 470 g/mol. The Kier molecular flexibility index (Phi) is 6.01. The van der Waals surface area contributed by atoms with Gasteiger partial charge < -0.3 is 10.1 Å². The summed E-state index contributed by atoms with van der Waals surface area (Å²) in [6.45, 7) is 0.193. The Morgan fingerprint density at radius 3 is 2.90 bits per heavy atom. The van der Waals surface area contributed by atoms with Crippen LogP contribution in [0.4, 0.5) is 5.00 Å². The molecule has 0 atom stereocenters. The Morgan fingerprint density at radius 1 is 1.30 bits per heavy atom. The summed E-state index contributed by atoms with van der Waals surface area (Å²) in [4.78, 5) is 43.0. The number of ether oxygens (including phenoxy) is 1. The number of methoxy groups -OCH3 is 1. The van der Waals surface area contributed by atoms with Crippen LogP contribution in [-0.2, 0) is 28.9 Å². The number of hydrogen-bond donors (Lipinski definition) is 1. The normalized spacial score (nSPS) is 13.1. The highest BCUT2D eigenvalue weighted by molar-refractivity contribution is 9.10. The van der Waals surface area contributed by atoms with Crippen molar-refractivity contribution >= 4 is 55.0 Å². The van der Waals surface area contributed by atoms with E-state index in [9.17, 15) is 14.4 Å². The second kappa shape index (κ2) is 8.69. The molecule has 0 aliphatic heterocycles. The zero-order valence-corrected chi connectivity index (χ0v) is 18.8. The molecule has 2 aromatic heterocycles. The Bertz CT molecular complexity index is 1200. The average molecular weight is 490 g/mol. The molecule has 4 rings (SSSR count). The van der Waals surface area contributed by atoms with Gasteiger partial charge in [-0.25, -0.2) is 9.78 Å². The molecule has 156 valence electrons. The van der Waals surface area contributed by atoms with E-state index < -0.39 is 5.97 Å². The van der Waals surface area contributed by atoms with Gasteiger partial charge in [0.2, 0.25) is 5.91 Å². The fourth-order valence-corrected chi connectivity index (χ4v) is 5.33. The van der Waals surface area contributed by atoms with Crippen molar-refractivity contribution in [3.8, 4) is 0 Å². The Labute approximate surface area is 185 Å². The van der Waals surface area contributed by atoms with Gasteiger partial charge in [-0.2, -0.15) is 0 Å². The van der Waals surface area contributed by atoms with Gasteiger partial charge in [-0.05, 0) is 49.4 Å². The highest BCUT2D eigenvalue weighted by Crippen LogP contribution is 2.38. The molecule has 1 amide bonds. The molecule has 0 bridgehead atoms. The number of anilines is 1. The van der Waals surface area contributed by atoms with Crippen LogP contribution in [0.25, 0.3) is 10.9 Å². The van der Waals surface area contributed by atoms with Crippen LogP contribution in [0.15, 0.2) is 33.8 Å². The number of amides is 1. The summed E-state index contributed by atoms with van der Waals surface area (Å²) in [5.74, 6) is -0.690. The first-order valence-electron chi connectivity index (χ1n) is 9.65. The summed E-state index contributed by atoms with van der Waals surface area (Å²) in [5, 5.41) is 3.88. The lowest BCUT2D eigenvalue weighted by atomic mass is 9.95. The van der Waals surface area contributed by atoms with Gasteiger partial charge in [-0.3, -0.25) is 14.2 Å². The molecule has 0 radical (unpaired) electrons. The second-order valence-corrected chi connectivity index (χ2v) is 9.13. The lowest BCUT2D eigenvalue weighted by Crippen LogP contribution is -2.24. The van der Waals surface area contributed by atoms with Crippen LogP contribution < -0.4 is 10.9 Å². The molecule has 1 aliphatic carbocycles. The molecule has 9 heteroatoms. The highest BCUT2D eigenvalue weighted by atomic mass is 79.9. The minimum atomic E-state index is -0.426. The third kappa shape index (κ3) is 4.04. The maximum Gasteiger partial charge on any atom is 0.341 e. The summed E-state index contributed by atoms with van der Waals surface area (Å²) < 4.78 is 7.16. The maximum absolute atomic E-state index is 12.7. The molecule has 1 aromatic carbocycles. The standard InChI is InChI=1S/C21H20BrN3O4S/c1-29-21(28)18-13-4-2-3-5-16(13)30-19(18)24-17(26)8-9-25-11-23-15-7-6-12(22)10-14(15)20(25)27/h6-7,10-11H,2-5,8-9H2,1H3,(H,24,26). The quantitative estimate of drug-likeness (QED) is 0.548. The Hall–Kier alpha value is -2.52. The first kappa shape index (κ1) is 20.7. The van der Waals surface area contributed by atoms with Crippen molar-refractivity contribution in [1.82, 2.24) is 9.55 Å². The van der Waals surface area contributed by atoms with Crippen molar-refractivity contribution < 1.29 is 14.3 Å². The number of carbonyl (C=O) groups excluding carboxylic acids is 2. The van der Waals surface area contributed by atoms with Crippen LogP contribution >= 0.6 is 27.3 Å². The first-order chi connectivity index (χ1) is 14.5. The average Bonchev–Trinajstić information content (AvgIpc) is 3.10. The number of halogens is 1. The second-order valence-electron chi connectivity index (χ2n) is 7.11. The third-order valence-electron chi connectivity index (χ3n) is 5.18. The van der Waals surface area contributed by atoms with Gasteiger partial charge in [0.05, 0.1) is 29.9 Å². The summed E-state index contributed by atoms with van der Waals surface area (Å²) in [5.41, 5.74) is 1.88. The first-order valence-corrected chi connectivity index (χ1v) is 11.3. The van der Waals surface area contributed by atoms with Crippen molar-refractivity contribution in [2.24, 2.45) is 0 Å². The Morgan fingerprint density at radius 2 is 2.10 bits per heavy atom. The lowest BCUT2D eigenvalue weighted by Gasteiger charge is -2.12. The lowest BCUT2D eigenvalue weighted by molar-refractivity contribution is -0.116. The fourth-order valence-electron chi connectivity index (χ4n) is 3.67. The number of hydrogen-bond acceptors (Lipinski definition) is 6. The van der Waals surface area contributed by atoms with E-state index in [4.69, 9.17) is 4.74 Å². The van der Waals surface area contributed by atoms with Crippen molar-refractivity contribution in [1.29, 1.82) is 0 Å². The summed E-state index contributed by atoms with van der Waals surface area (Å²) >= 11 is 4.81. The zero-order valence-electron chi connectivity index (χ0n) is 16.4. The van der Waals surface area contributed by atoms with Crippen LogP contribution in [0.1, 0.15) is 40.1 Å². The molecule has 0 unspecified atom stereocenters. The predicted octanol–water partition coefficient (Wildman–Crippen LogP) is 3.91. The summed E-state index contributed by atoms with van der Waals surface area (Å²) in [7, 11) is 1.35. The van der Waals surface area contributed by atoms with Crippen LogP contribution in [0.3, 0.4) is 0 Å². The van der Waals surface area contributed by atoms with E-state index >= 15 is 0 Å². The molecule has 0 fully saturated rings. The zero-order chi connectivity index (χ0) is 21.3. The molecule has 3 aromatic rings. The van der Waals surface area contributed by atoms with Gasteiger partial charge in [-0.15, -0.1) is 11.3 Å². The van der Waals surface area contributed by atoms with Crippen LogP contribution in [0.2, 0.25) is 0 Å². The summed E-state index contributed by atoms with van der Waals surface area (Å²) in [6.07, 6.45) is 5.37. The van der Waals surface area contributed by atoms with Crippen molar-refractivity contribution in [3.05, 3.63) is 55.4 Å². The van der Waals surface area contributed by atoms with Crippen LogP contribution in [-0.4, -0.2) is 28.5 Å². The molecule has 1 N–H and O–H groups in total. The van der Waals surface area contributed by atoms with Gasteiger partial charge in [0, 0.05) is 22.3 Å². The fraction of sp³-hybridized carbons (Fsp3) is 0.333. The molecular formula is C21H20BrN3O4S. The topological polar surface area (TPSA) is 90.3 Å². The van der Waals surface area contributed by atoms with Gasteiger partial charge in [0.15, 0.2) is 0 Å². The number of nitrogens with zero attached hydrogens (tertiary/aromatic N) is 2. The van der Waals surface area contributed by atoms with Crippen LogP contribution in [0.5, 0.6) is 0 Å². The SMILES string of the molecule is COC(=O)c1c(NC(=O)CCn2cnc3ccc(Br)cc3c2=O)sc2c1CCCC2. The monoisotopic (exact) mass is 489 g/mol. The molecule has 1 aliphatic rings. The van der Waals surface area contributed by atoms with E-state index in [-0.39, 0.29) is 24.4 Å². The minimum Gasteiger partial charge on any atom is -0.465 e. The van der Waals surface area contributed by atoms with E-state index in [1.54, 1.807) is 12.1 Å². The van der Waals surface area contributed by atoms with E-state index in [2.05, 4.69) is 26.2 Å². The number of benzene rings is 1. The number of carbonyl (C=O) groups is 2. The number of aryl methyl sites for hydroxylation is 2. The molecule has 2 heterocycles. The minimum absolute atomic E-state index is 0.0876. The van der Waals surface area contributed by atoms with E-state index in [1.165, 1.54) is 29.3 Å². The van der Waals surface area contributed by atoms with Gasteiger partial charge in [-0.1, -0.05) is 15.9 Å². The largest absolute Gasteiger partial charge is 0.465 e. The molecule has 0 saturated heterocycles. The van der Waals surface area contributed by atoms with Crippen molar-refractivity contribution in [2.75, 3.05) is 12.4 Å². The van der Waals surface area contributed by atoms with E-state index in [0.717, 1.165) is 40.6 Å². The van der Waals surface area contributed by atoms with Gasteiger partial charge in [0.25, 0.3) is 5.56 Å². The van der Waals surface area contributed by atoms with Gasteiger partial charge >= 0.3 is 5.97 Å². The van der Waals surface area contributed by atoms with Crippen molar-refractivity contribution in [3.63, 3.8) is 0 Å². The van der Waals surface area contributed by atoms with Crippen LogP contribution in [0, 0.1) is 0 Å². The number of aromatic nitrogens is 2. The smallest absolute Gasteiger partial charge is 0.341 e. The molecule has 0 saturated carbocycles. The Balaban J connectivity index is 1.52. The number of rotatable bonds is 5. The number of fused-ring (bicyclic) bond motifs is 2.